The summed E-state index contributed by atoms with van der Waals surface area (Å²) in [5.74, 6) is -0.206. The molecule has 0 aromatic heterocycles. The average Bonchev–Trinajstić information content (AvgIpc) is 2.25. The van der Waals surface area contributed by atoms with E-state index in [0.29, 0.717) is 16.2 Å². The summed E-state index contributed by atoms with van der Waals surface area (Å²) >= 11 is 0. The molecule has 3 saturated carbocycles. The molecule has 0 aromatic rings. The van der Waals surface area contributed by atoms with Gasteiger partial charge in [-0.25, -0.2) is 0 Å². The lowest BCUT2D eigenvalue weighted by atomic mass is 9.20. The molecule has 3 atom stereocenters. The monoisotopic (exact) mass is 262 g/mol. The van der Waals surface area contributed by atoms with Gasteiger partial charge in [0.15, 0.2) is 0 Å². The Hall–Kier alpha value is -0.790. The molecule has 1 unspecified atom stereocenters. The van der Waals surface area contributed by atoms with E-state index in [9.17, 15) is 4.79 Å². The molecule has 2 heteroatoms. The molecule has 0 amide bonds. The van der Waals surface area contributed by atoms with Crippen LogP contribution < -0.4 is 0 Å². The predicted molar refractivity (Wildman–Crippen MR) is 75.4 cm³/mol. The largest absolute Gasteiger partial charge is 0.435 e. The Balaban J connectivity index is 1.94. The zero-order valence-corrected chi connectivity index (χ0v) is 12.9. The van der Waals surface area contributed by atoms with E-state index in [1.54, 1.807) is 6.26 Å². The first-order valence-electron chi connectivity index (χ1n) is 7.55. The molecule has 0 radical (unpaired) electrons. The van der Waals surface area contributed by atoms with Crippen LogP contribution in [0.5, 0.6) is 0 Å². The molecule has 3 fully saturated rings. The van der Waals surface area contributed by atoms with E-state index in [2.05, 4.69) is 27.7 Å². The van der Waals surface area contributed by atoms with Crippen molar-refractivity contribution in [1.82, 2.24) is 0 Å². The van der Waals surface area contributed by atoms with E-state index in [1.165, 1.54) is 38.2 Å². The molecule has 0 aliphatic heterocycles. The number of carbonyl (C=O) groups excluding carboxylic acids is 1. The van der Waals surface area contributed by atoms with Crippen molar-refractivity contribution < 1.29 is 9.53 Å². The molecule has 0 aromatic carbocycles. The first-order chi connectivity index (χ1) is 8.69. The van der Waals surface area contributed by atoms with Gasteiger partial charge in [-0.05, 0) is 52.9 Å². The highest BCUT2D eigenvalue weighted by Crippen LogP contribution is 2.88. The van der Waals surface area contributed by atoms with Crippen molar-refractivity contribution in [2.45, 2.75) is 66.7 Å². The van der Waals surface area contributed by atoms with E-state index in [-0.39, 0.29) is 11.4 Å². The SMILES string of the molecule is CC(=O)O/C=C1/CC23C(C)(C)CCC[C@@]2(C)C[C@]13C. The van der Waals surface area contributed by atoms with Gasteiger partial charge in [0.05, 0.1) is 6.26 Å². The Morgan fingerprint density at radius 1 is 1.21 bits per heavy atom. The third-order valence-electron chi connectivity index (χ3n) is 6.93. The number of rotatable bonds is 1. The molecule has 19 heavy (non-hydrogen) atoms. The first kappa shape index (κ1) is 13.2. The fourth-order valence-electron chi connectivity index (χ4n) is 6.38. The third kappa shape index (κ3) is 1.26. The van der Waals surface area contributed by atoms with Gasteiger partial charge in [-0.3, -0.25) is 4.79 Å². The number of allylic oxidation sites excluding steroid dienone is 1. The smallest absolute Gasteiger partial charge is 0.307 e. The van der Waals surface area contributed by atoms with Crippen LogP contribution in [0.1, 0.15) is 66.7 Å². The van der Waals surface area contributed by atoms with Crippen LogP contribution >= 0.6 is 0 Å². The molecule has 0 saturated heterocycles. The molecule has 0 heterocycles. The molecule has 1 spiro atoms. The van der Waals surface area contributed by atoms with Gasteiger partial charge in [0.25, 0.3) is 0 Å². The van der Waals surface area contributed by atoms with Crippen LogP contribution in [0.15, 0.2) is 11.8 Å². The number of ether oxygens (including phenoxy) is 1. The van der Waals surface area contributed by atoms with Crippen molar-refractivity contribution in [2.75, 3.05) is 0 Å². The fourth-order valence-corrected chi connectivity index (χ4v) is 6.38. The molecule has 3 aliphatic carbocycles. The van der Waals surface area contributed by atoms with Gasteiger partial charge in [0.1, 0.15) is 0 Å². The maximum Gasteiger partial charge on any atom is 0.307 e. The maximum absolute atomic E-state index is 11.0. The number of hydrogen-bond acceptors (Lipinski definition) is 2. The Labute approximate surface area is 116 Å². The second-order valence-electron chi connectivity index (χ2n) is 8.14. The van der Waals surface area contributed by atoms with Gasteiger partial charge in [0, 0.05) is 6.92 Å². The Kier molecular flexibility index (Phi) is 2.40. The summed E-state index contributed by atoms with van der Waals surface area (Å²) in [4.78, 5) is 11.0. The maximum atomic E-state index is 11.0. The van der Waals surface area contributed by atoms with Gasteiger partial charge >= 0.3 is 5.97 Å². The van der Waals surface area contributed by atoms with Crippen LogP contribution in [0, 0.1) is 21.7 Å². The zero-order valence-electron chi connectivity index (χ0n) is 12.9. The molecular formula is C17H26O2. The summed E-state index contributed by atoms with van der Waals surface area (Å²) < 4.78 is 5.14. The normalized spacial score (nSPS) is 48.6. The zero-order chi connectivity index (χ0) is 14.1. The second kappa shape index (κ2) is 3.45. The highest BCUT2D eigenvalue weighted by Gasteiger charge is 2.81. The van der Waals surface area contributed by atoms with Crippen molar-refractivity contribution in [3.8, 4) is 0 Å². The molecule has 3 rings (SSSR count). The Morgan fingerprint density at radius 2 is 1.89 bits per heavy atom. The topological polar surface area (TPSA) is 26.3 Å². The van der Waals surface area contributed by atoms with Crippen LogP contribution in [0.2, 0.25) is 0 Å². The van der Waals surface area contributed by atoms with E-state index in [0.717, 1.165) is 6.42 Å². The van der Waals surface area contributed by atoms with Crippen molar-refractivity contribution in [2.24, 2.45) is 21.7 Å². The van der Waals surface area contributed by atoms with Crippen molar-refractivity contribution in [3.05, 3.63) is 11.8 Å². The standard InChI is InChI=1S/C17H26O2/c1-12(18)19-10-13-9-17-14(2,3)7-6-8-15(17,4)11-16(13,17)5/h10H,6-9,11H2,1-5H3/b13-10-/t15-,16+,17?/m0/s1. The van der Waals surface area contributed by atoms with Crippen LogP contribution in [-0.4, -0.2) is 5.97 Å². The Bertz CT molecular complexity index is 462. The van der Waals surface area contributed by atoms with E-state index < -0.39 is 0 Å². The van der Waals surface area contributed by atoms with E-state index >= 15 is 0 Å². The summed E-state index contributed by atoms with van der Waals surface area (Å²) in [6, 6.07) is 0. The summed E-state index contributed by atoms with van der Waals surface area (Å²) in [6.45, 7) is 11.2. The lowest BCUT2D eigenvalue weighted by molar-refractivity contribution is -0.313. The summed E-state index contributed by atoms with van der Waals surface area (Å²) in [7, 11) is 0. The van der Waals surface area contributed by atoms with Crippen LogP contribution in [0.3, 0.4) is 0 Å². The molecular weight excluding hydrogens is 236 g/mol. The molecule has 0 N–H and O–H groups in total. The predicted octanol–water partition coefficient (Wildman–Crippen LogP) is 4.45. The summed E-state index contributed by atoms with van der Waals surface area (Å²) in [5.41, 5.74) is 2.95. The highest BCUT2D eigenvalue weighted by molar-refractivity contribution is 5.67. The molecule has 106 valence electrons. The minimum atomic E-state index is -0.206. The number of carbonyl (C=O) groups is 1. The van der Waals surface area contributed by atoms with Crippen molar-refractivity contribution >= 4 is 5.97 Å². The molecule has 3 aliphatic rings. The van der Waals surface area contributed by atoms with Crippen molar-refractivity contribution in [3.63, 3.8) is 0 Å². The van der Waals surface area contributed by atoms with E-state index in [1.807, 2.05) is 0 Å². The lowest BCUT2D eigenvalue weighted by Crippen LogP contribution is -2.77. The van der Waals surface area contributed by atoms with Crippen LogP contribution in [-0.2, 0) is 9.53 Å². The van der Waals surface area contributed by atoms with Crippen LogP contribution in [0.25, 0.3) is 0 Å². The van der Waals surface area contributed by atoms with E-state index in [4.69, 9.17) is 4.74 Å². The minimum absolute atomic E-state index is 0.206. The quantitative estimate of drug-likeness (QED) is 0.515. The van der Waals surface area contributed by atoms with Gasteiger partial charge in [0.2, 0.25) is 0 Å². The van der Waals surface area contributed by atoms with Gasteiger partial charge in [-0.15, -0.1) is 0 Å². The summed E-state index contributed by atoms with van der Waals surface area (Å²) in [5, 5.41) is 0. The summed E-state index contributed by atoms with van der Waals surface area (Å²) in [6.07, 6.45) is 8.20. The number of hydrogen-bond donors (Lipinski definition) is 0. The highest BCUT2D eigenvalue weighted by atomic mass is 16.5. The third-order valence-corrected chi connectivity index (χ3v) is 6.93. The minimum Gasteiger partial charge on any atom is -0.435 e. The fraction of sp³-hybridized carbons (Fsp3) is 0.824. The number of esters is 1. The second-order valence-corrected chi connectivity index (χ2v) is 8.14. The molecule has 2 nitrogen and oxygen atoms in total. The Morgan fingerprint density at radius 3 is 2.42 bits per heavy atom. The van der Waals surface area contributed by atoms with Crippen LogP contribution in [0.4, 0.5) is 0 Å². The lowest BCUT2D eigenvalue weighted by Gasteiger charge is -2.84. The van der Waals surface area contributed by atoms with Gasteiger partial charge < -0.3 is 4.74 Å². The first-order valence-corrected chi connectivity index (χ1v) is 7.55. The average molecular weight is 262 g/mol. The van der Waals surface area contributed by atoms with Gasteiger partial charge in [-0.2, -0.15) is 0 Å². The van der Waals surface area contributed by atoms with Crippen molar-refractivity contribution in [1.29, 1.82) is 0 Å². The molecule has 0 bridgehead atoms. The van der Waals surface area contributed by atoms with Gasteiger partial charge in [-0.1, -0.05) is 34.1 Å².